The number of nitro benzene ring substituents is 1. The molecule has 1 aromatic heterocycles. The summed E-state index contributed by atoms with van der Waals surface area (Å²) in [5, 5.41) is 11.8. The first-order valence-electron chi connectivity index (χ1n) is 6.70. The lowest BCUT2D eigenvalue weighted by Crippen LogP contribution is -1.97. The third-order valence-corrected chi connectivity index (χ3v) is 5.07. The number of halogens is 3. The maximum Gasteiger partial charge on any atom is 0.284 e. The van der Waals surface area contributed by atoms with Gasteiger partial charge in [-0.25, -0.2) is 4.39 Å². The summed E-state index contributed by atoms with van der Waals surface area (Å²) < 4.78 is 14.9. The standard InChI is InChI=1S/C16H9Cl2FN2O2S/c17-11-8-14(21(22)23)16(9-13(11)20-5-1-2-6-20)24-15-4-3-10(19)7-12(15)18/h1-9H. The van der Waals surface area contributed by atoms with E-state index in [1.807, 2.05) is 12.1 Å². The van der Waals surface area contributed by atoms with Gasteiger partial charge in [-0.1, -0.05) is 35.0 Å². The van der Waals surface area contributed by atoms with Gasteiger partial charge in [0.15, 0.2) is 0 Å². The highest BCUT2D eigenvalue weighted by Gasteiger charge is 2.20. The van der Waals surface area contributed by atoms with Crippen LogP contribution >= 0.6 is 35.0 Å². The van der Waals surface area contributed by atoms with E-state index in [1.165, 1.54) is 24.3 Å². The molecule has 0 atom stereocenters. The fourth-order valence-electron chi connectivity index (χ4n) is 2.13. The van der Waals surface area contributed by atoms with Crippen LogP contribution in [-0.4, -0.2) is 9.49 Å². The first kappa shape index (κ1) is 16.8. The van der Waals surface area contributed by atoms with Crippen molar-refractivity contribution in [1.82, 2.24) is 4.57 Å². The van der Waals surface area contributed by atoms with E-state index in [9.17, 15) is 14.5 Å². The highest BCUT2D eigenvalue weighted by atomic mass is 35.5. The lowest BCUT2D eigenvalue weighted by molar-refractivity contribution is -0.387. The summed E-state index contributed by atoms with van der Waals surface area (Å²) in [7, 11) is 0. The maximum absolute atomic E-state index is 13.2. The molecule has 0 bridgehead atoms. The Kier molecular flexibility index (Phi) is 4.80. The first-order chi connectivity index (χ1) is 11.5. The van der Waals surface area contributed by atoms with Gasteiger partial charge in [0.1, 0.15) is 5.82 Å². The second-order valence-corrected chi connectivity index (χ2v) is 6.69. The Hall–Kier alpha value is -2.02. The van der Waals surface area contributed by atoms with Crippen molar-refractivity contribution in [2.24, 2.45) is 0 Å². The van der Waals surface area contributed by atoms with Crippen LogP contribution in [0.3, 0.4) is 0 Å². The van der Waals surface area contributed by atoms with Gasteiger partial charge >= 0.3 is 0 Å². The Morgan fingerprint density at radius 2 is 1.75 bits per heavy atom. The molecule has 8 heteroatoms. The molecule has 0 aliphatic heterocycles. The Morgan fingerprint density at radius 1 is 1.04 bits per heavy atom. The second-order valence-electron chi connectivity index (χ2n) is 4.80. The molecule has 0 fully saturated rings. The average molecular weight is 383 g/mol. The fourth-order valence-corrected chi connectivity index (χ4v) is 3.60. The number of rotatable bonds is 4. The summed E-state index contributed by atoms with van der Waals surface area (Å²) in [6.45, 7) is 0. The van der Waals surface area contributed by atoms with Crippen molar-refractivity contribution in [2.45, 2.75) is 9.79 Å². The molecule has 0 saturated heterocycles. The Morgan fingerprint density at radius 3 is 2.38 bits per heavy atom. The first-order valence-corrected chi connectivity index (χ1v) is 8.27. The van der Waals surface area contributed by atoms with Crippen molar-refractivity contribution in [1.29, 1.82) is 0 Å². The summed E-state index contributed by atoms with van der Waals surface area (Å²) in [5.74, 6) is -0.469. The zero-order valence-electron chi connectivity index (χ0n) is 11.9. The zero-order valence-corrected chi connectivity index (χ0v) is 14.3. The quantitative estimate of drug-likeness (QED) is 0.411. The number of hydrogen-bond donors (Lipinski definition) is 0. The van der Waals surface area contributed by atoms with Gasteiger partial charge in [-0.3, -0.25) is 10.1 Å². The number of hydrogen-bond acceptors (Lipinski definition) is 3. The highest BCUT2D eigenvalue weighted by Crippen LogP contribution is 2.41. The van der Waals surface area contributed by atoms with Gasteiger partial charge in [-0.2, -0.15) is 0 Å². The van der Waals surface area contributed by atoms with Crippen LogP contribution in [0.25, 0.3) is 5.69 Å². The molecular weight excluding hydrogens is 374 g/mol. The molecule has 0 saturated carbocycles. The molecule has 4 nitrogen and oxygen atoms in total. The van der Waals surface area contributed by atoms with Gasteiger partial charge in [0.05, 0.1) is 25.6 Å². The van der Waals surface area contributed by atoms with Crippen LogP contribution in [0.15, 0.2) is 64.6 Å². The maximum atomic E-state index is 13.2. The van der Waals surface area contributed by atoms with Crippen LogP contribution in [-0.2, 0) is 0 Å². The monoisotopic (exact) mass is 382 g/mol. The molecule has 0 aliphatic rings. The Labute approximate surface area is 151 Å². The fraction of sp³-hybridized carbons (Fsp3) is 0. The van der Waals surface area contributed by atoms with E-state index in [2.05, 4.69) is 0 Å². The molecule has 3 aromatic rings. The van der Waals surface area contributed by atoms with E-state index in [0.717, 1.165) is 11.8 Å². The molecule has 1 heterocycles. The van der Waals surface area contributed by atoms with Gasteiger partial charge in [0.25, 0.3) is 5.69 Å². The summed E-state index contributed by atoms with van der Waals surface area (Å²) in [5.41, 5.74) is 0.467. The van der Waals surface area contributed by atoms with Gasteiger partial charge in [-0.05, 0) is 36.4 Å². The van der Waals surface area contributed by atoms with E-state index >= 15 is 0 Å². The molecule has 24 heavy (non-hydrogen) atoms. The van der Waals surface area contributed by atoms with Crippen molar-refractivity contribution in [3.63, 3.8) is 0 Å². The van der Waals surface area contributed by atoms with E-state index in [4.69, 9.17) is 23.2 Å². The minimum absolute atomic E-state index is 0.138. The number of nitrogens with zero attached hydrogens (tertiary/aromatic N) is 2. The average Bonchev–Trinajstić information content (AvgIpc) is 3.05. The highest BCUT2D eigenvalue weighted by molar-refractivity contribution is 7.99. The third-order valence-electron chi connectivity index (χ3n) is 3.22. The molecule has 0 aliphatic carbocycles. The predicted molar refractivity (Wildman–Crippen MR) is 93.0 cm³/mol. The Bertz CT molecular complexity index is 917. The van der Waals surface area contributed by atoms with E-state index in [1.54, 1.807) is 23.0 Å². The molecule has 122 valence electrons. The van der Waals surface area contributed by atoms with Crippen LogP contribution in [0.5, 0.6) is 0 Å². The van der Waals surface area contributed by atoms with Gasteiger partial charge in [0.2, 0.25) is 0 Å². The van der Waals surface area contributed by atoms with E-state index < -0.39 is 10.7 Å². The van der Waals surface area contributed by atoms with Crippen LogP contribution < -0.4 is 0 Å². The van der Waals surface area contributed by atoms with Crippen molar-refractivity contribution in [3.05, 3.63) is 80.8 Å². The van der Waals surface area contributed by atoms with Crippen LogP contribution in [0.1, 0.15) is 0 Å². The summed E-state index contributed by atoms with van der Waals surface area (Å²) in [4.78, 5) is 11.7. The molecule has 0 radical (unpaired) electrons. The molecular formula is C16H9Cl2FN2O2S. The molecule has 3 rings (SSSR count). The predicted octanol–water partition coefficient (Wildman–Crippen LogP) is 5.98. The van der Waals surface area contributed by atoms with Crippen LogP contribution in [0.2, 0.25) is 10.0 Å². The van der Waals surface area contributed by atoms with Crippen molar-refractivity contribution in [2.75, 3.05) is 0 Å². The van der Waals surface area contributed by atoms with Gasteiger partial charge in [-0.15, -0.1) is 0 Å². The summed E-state index contributed by atoms with van der Waals surface area (Å²) >= 11 is 13.3. The molecule has 2 aromatic carbocycles. The molecule has 0 unspecified atom stereocenters. The lowest BCUT2D eigenvalue weighted by atomic mass is 10.2. The molecule has 0 spiro atoms. The smallest absolute Gasteiger partial charge is 0.284 e. The molecule has 0 amide bonds. The normalized spacial score (nSPS) is 10.8. The van der Waals surface area contributed by atoms with Crippen LogP contribution in [0.4, 0.5) is 10.1 Å². The van der Waals surface area contributed by atoms with Crippen LogP contribution in [0, 0.1) is 15.9 Å². The molecule has 0 N–H and O–H groups in total. The van der Waals surface area contributed by atoms with Gasteiger partial charge in [0, 0.05) is 23.4 Å². The van der Waals surface area contributed by atoms with Crippen molar-refractivity contribution >= 4 is 40.7 Å². The third kappa shape index (κ3) is 3.40. The van der Waals surface area contributed by atoms with Gasteiger partial charge < -0.3 is 4.57 Å². The van der Waals surface area contributed by atoms with Crippen molar-refractivity contribution < 1.29 is 9.31 Å². The van der Waals surface area contributed by atoms with E-state index in [0.29, 0.717) is 15.5 Å². The number of aromatic nitrogens is 1. The summed E-state index contributed by atoms with van der Waals surface area (Å²) in [6.07, 6.45) is 3.57. The SMILES string of the molecule is O=[N+]([O-])c1cc(Cl)c(-n2cccc2)cc1Sc1ccc(F)cc1Cl. The summed E-state index contributed by atoms with van der Waals surface area (Å²) in [6, 6.07) is 10.5. The zero-order chi connectivity index (χ0) is 17.3. The Balaban J connectivity index is 2.10. The number of benzene rings is 2. The van der Waals surface area contributed by atoms with E-state index in [-0.39, 0.29) is 15.7 Å². The number of nitro groups is 1. The lowest BCUT2D eigenvalue weighted by Gasteiger charge is -2.10. The topological polar surface area (TPSA) is 48.1 Å². The minimum atomic E-state index is -0.509. The largest absolute Gasteiger partial charge is 0.322 e. The minimum Gasteiger partial charge on any atom is -0.322 e. The second kappa shape index (κ2) is 6.84. The van der Waals surface area contributed by atoms with Crippen molar-refractivity contribution in [3.8, 4) is 5.69 Å².